The van der Waals surface area contributed by atoms with Crippen molar-refractivity contribution in [2.24, 2.45) is 0 Å². The van der Waals surface area contributed by atoms with Gasteiger partial charge in [-0.3, -0.25) is 14.2 Å². The van der Waals surface area contributed by atoms with E-state index in [4.69, 9.17) is 0 Å². The lowest BCUT2D eigenvalue weighted by Crippen LogP contribution is -2.42. The average Bonchev–Trinajstić information content (AvgIpc) is 3.02. The molecular weight excluding hydrogens is 398 g/mol. The van der Waals surface area contributed by atoms with Crippen LogP contribution < -0.4 is 5.56 Å². The van der Waals surface area contributed by atoms with Crippen molar-refractivity contribution in [2.75, 3.05) is 23.8 Å². The summed E-state index contributed by atoms with van der Waals surface area (Å²) in [4.78, 5) is 31.8. The molecule has 1 saturated heterocycles. The van der Waals surface area contributed by atoms with Crippen LogP contribution in [0.1, 0.15) is 26.7 Å². The van der Waals surface area contributed by atoms with Gasteiger partial charge in [-0.25, -0.2) is 13.4 Å². The first-order chi connectivity index (χ1) is 13.4. The van der Waals surface area contributed by atoms with Gasteiger partial charge in [0, 0.05) is 19.1 Å². The first-order valence-electron chi connectivity index (χ1n) is 9.48. The number of hydrogen-bond acceptors (Lipinski definition) is 6. The summed E-state index contributed by atoms with van der Waals surface area (Å²) in [5.74, 6) is 0.168. The summed E-state index contributed by atoms with van der Waals surface area (Å²) in [6.07, 6.45) is 1.27. The molecule has 1 fully saturated rings. The zero-order chi connectivity index (χ0) is 20.3. The van der Waals surface area contributed by atoms with Gasteiger partial charge in [0.25, 0.3) is 5.56 Å². The molecule has 1 aliphatic rings. The summed E-state index contributed by atoms with van der Waals surface area (Å²) < 4.78 is 25.1. The van der Waals surface area contributed by atoms with Crippen LogP contribution in [0.3, 0.4) is 0 Å². The number of para-hydroxylation sites is 1. The van der Waals surface area contributed by atoms with Crippen LogP contribution in [0.5, 0.6) is 0 Å². The van der Waals surface area contributed by atoms with Gasteiger partial charge in [0.15, 0.2) is 15.0 Å². The summed E-state index contributed by atoms with van der Waals surface area (Å²) in [5.41, 5.74) is 0.515. The highest BCUT2D eigenvalue weighted by Crippen LogP contribution is 2.22. The molecule has 1 atom stereocenters. The Balaban J connectivity index is 1.81. The maximum absolute atomic E-state index is 12.8. The highest BCUT2D eigenvalue weighted by molar-refractivity contribution is 7.99. The fourth-order valence-electron chi connectivity index (χ4n) is 3.55. The van der Waals surface area contributed by atoms with Crippen LogP contribution in [0.15, 0.2) is 34.2 Å². The molecule has 2 heterocycles. The van der Waals surface area contributed by atoms with Gasteiger partial charge in [-0.05, 0) is 31.9 Å². The van der Waals surface area contributed by atoms with Crippen LogP contribution in [-0.2, 0) is 21.2 Å². The van der Waals surface area contributed by atoms with Gasteiger partial charge < -0.3 is 4.90 Å². The Hall–Kier alpha value is -1.87. The van der Waals surface area contributed by atoms with E-state index in [9.17, 15) is 18.0 Å². The van der Waals surface area contributed by atoms with Crippen molar-refractivity contribution in [2.45, 2.75) is 44.4 Å². The first-order valence-corrected chi connectivity index (χ1v) is 12.3. The van der Waals surface area contributed by atoms with Crippen LogP contribution >= 0.6 is 11.8 Å². The Morgan fingerprint density at radius 1 is 1.32 bits per heavy atom. The van der Waals surface area contributed by atoms with E-state index in [1.54, 1.807) is 21.6 Å². The molecule has 0 radical (unpaired) electrons. The minimum atomic E-state index is -3.05. The fraction of sp³-hybridized carbons (Fsp3) is 0.526. The van der Waals surface area contributed by atoms with Crippen LogP contribution in [0.4, 0.5) is 0 Å². The number of amides is 1. The van der Waals surface area contributed by atoms with E-state index < -0.39 is 9.84 Å². The molecule has 1 aromatic heterocycles. The molecule has 0 bridgehead atoms. The van der Waals surface area contributed by atoms with Gasteiger partial charge in [0.1, 0.15) is 0 Å². The zero-order valence-corrected chi connectivity index (χ0v) is 17.8. The Morgan fingerprint density at radius 3 is 2.71 bits per heavy atom. The van der Waals surface area contributed by atoms with Gasteiger partial charge >= 0.3 is 0 Å². The molecule has 2 aromatic rings. The third-order valence-corrected chi connectivity index (χ3v) is 7.62. The standard InChI is InChI=1S/C19H25N3O4S2/c1-3-10-22-18(24)15-7-5-6-8-16(15)20-19(22)27-12-17(23)21(4-2)14-9-11-28(25,26)13-14/h5-8,14H,3-4,9-13H2,1-2H3/t14-/m0/s1. The smallest absolute Gasteiger partial charge is 0.262 e. The molecule has 7 nitrogen and oxygen atoms in total. The second-order valence-electron chi connectivity index (χ2n) is 6.89. The molecule has 3 rings (SSSR count). The maximum atomic E-state index is 12.8. The SMILES string of the molecule is CCCn1c(SCC(=O)N(CC)[C@H]2CCS(=O)(=O)C2)nc2ccccc2c1=O. The number of nitrogens with zero attached hydrogens (tertiary/aromatic N) is 3. The molecule has 1 aliphatic heterocycles. The zero-order valence-electron chi connectivity index (χ0n) is 16.1. The molecule has 0 N–H and O–H groups in total. The normalized spacial score (nSPS) is 18.4. The molecule has 0 saturated carbocycles. The molecule has 0 spiro atoms. The van der Waals surface area contributed by atoms with Crippen molar-refractivity contribution < 1.29 is 13.2 Å². The predicted molar refractivity (Wildman–Crippen MR) is 111 cm³/mol. The van der Waals surface area contributed by atoms with Crippen molar-refractivity contribution in [3.8, 4) is 0 Å². The lowest BCUT2D eigenvalue weighted by atomic mass is 10.2. The lowest BCUT2D eigenvalue weighted by molar-refractivity contribution is -0.129. The van der Waals surface area contributed by atoms with Crippen molar-refractivity contribution in [3.63, 3.8) is 0 Å². The third kappa shape index (κ3) is 4.41. The summed E-state index contributed by atoms with van der Waals surface area (Å²) in [6.45, 7) is 4.84. The second-order valence-corrected chi connectivity index (χ2v) is 10.1. The molecule has 0 unspecified atom stereocenters. The quantitative estimate of drug-likeness (QED) is 0.499. The Labute approximate surface area is 169 Å². The molecular formula is C19H25N3O4S2. The first kappa shape index (κ1) is 20.9. The molecule has 1 aromatic carbocycles. The number of carbonyl (C=O) groups excluding carboxylic acids is 1. The number of benzene rings is 1. The monoisotopic (exact) mass is 423 g/mol. The molecule has 28 heavy (non-hydrogen) atoms. The van der Waals surface area contributed by atoms with E-state index in [0.29, 0.717) is 35.6 Å². The van der Waals surface area contributed by atoms with Crippen molar-refractivity contribution in [1.82, 2.24) is 14.5 Å². The van der Waals surface area contributed by atoms with Gasteiger partial charge in [-0.15, -0.1) is 0 Å². The van der Waals surface area contributed by atoms with Crippen LogP contribution in [0, 0.1) is 0 Å². The number of hydrogen-bond donors (Lipinski definition) is 0. The highest BCUT2D eigenvalue weighted by atomic mass is 32.2. The van der Waals surface area contributed by atoms with E-state index >= 15 is 0 Å². The van der Waals surface area contributed by atoms with Crippen LogP contribution in [0.2, 0.25) is 0 Å². The highest BCUT2D eigenvalue weighted by Gasteiger charge is 2.33. The van der Waals surface area contributed by atoms with Crippen molar-refractivity contribution in [3.05, 3.63) is 34.6 Å². The number of aromatic nitrogens is 2. The van der Waals surface area contributed by atoms with Crippen LogP contribution in [0.25, 0.3) is 10.9 Å². The average molecular weight is 424 g/mol. The van der Waals surface area contributed by atoms with Gasteiger partial charge in [-0.1, -0.05) is 30.8 Å². The number of sulfone groups is 1. The number of carbonyl (C=O) groups is 1. The minimum Gasteiger partial charge on any atom is -0.338 e. The van der Waals surface area contributed by atoms with Gasteiger partial charge in [0.2, 0.25) is 5.91 Å². The van der Waals surface area contributed by atoms with Crippen molar-refractivity contribution in [1.29, 1.82) is 0 Å². The van der Waals surface area contributed by atoms with Crippen LogP contribution in [-0.4, -0.2) is 58.6 Å². The van der Waals surface area contributed by atoms with E-state index in [1.807, 2.05) is 26.0 Å². The Bertz CT molecular complexity index is 1030. The molecule has 152 valence electrons. The van der Waals surface area contributed by atoms with Gasteiger partial charge in [0.05, 0.1) is 28.2 Å². The van der Waals surface area contributed by atoms with E-state index in [-0.39, 0.29) is 34.8 Å². The third-order valence-electron chi connectivity index (χ3n) is 4.91. The molecule has 1 amide bonds. The fourth-order valence-corrected chi connectivity index (χ4v) is 6.19. The minimum absolute atomic E-state index is 0.0337. The summed E-state index contributed by atoms with van der Waals surface area (Å²) in [7, 11) is -3.05. The largest absolute Gasteiger partial charge is 0.338 e. The topological polar surface area (TPSA) is 89.3 Å². The maximum Gasteiger partial charge on any atom is 0.262 e. The van der Waals surface area contributed by atoms with E-state index in [0.717, 1.165) is 6.42 Å². The predicted octanol–water partition coefficient (Wildman–Crippen LogP) is 1.93. The van der Waals surface area contributed by atoms with E-state index in [2.05, 4.69) is 4.98 Å². The van der Waals surface area contributed by atoms with Crippen molar-refractivity contribution >= 4 is 38.4 Å². The second kappa shape index (κ2) is 8.65. The molecule has 0 aliphatic carbocycles. The Morgan fingerprint density at radius 2 is 2.07 bits per heavy atom. The van der Waals surface area contributed by atoms with E-state index in [1.165, 1.54) is 11.8 Å². The summed E-state index contributed by atoms with van der Waals surface area (Å²) in [5, 5.41) is 1.09. The lowest BCUT2D eigenvalue weighted by Gasteiger charge is -2.26. The number of thioether (sulfide) groups is 1. The number of rotatable bonds is 7. The summed E-state index contributed by atoms with van der Waals surface area (Å²) in [6, 6.07) is 6.94. The Kier molecular flexibility index (Phi) is 6.44. The summed E-state index contributed by atoms with van der Waals surface area (Å²) >= 11 is 1.24. The van der Waals surface area contributed by atoms with Gasteiger partial charge in [-0.2, -0.15) is 0 Å². The number of fused-ring (bicyclic) bond motifs is 1. The molecule has 9 heteroatoms.